The molecule has 0 aliphatic carbocycles. The Labute approximate surface area is 182 Å². The van der Waals surface area contributed by atoms with E-state index in [-0.39, 0.29) is 5.91 Å². The highest BCUT2D eigenvalue weighted by Crippen LogP contribution is 2.27. The third kappa shape index (κ3) is 4.72. The van der Waals surface area contributed by atoms with E-state index >= 15 is 0 Å². The van der Waals surface area contributed by atoms with Crippen LogP contribution >= 0.6 is 0 Å². The maximum Gasteiger partial charge on any atom is 0.255 e. The first-order valence-electron chi connectivity index (χ1n) is 10.3. The van der Waals surface area contributed by atoms with Gasteiger partial charge in [-0.05, 0) is 54.8 Å². The number of hydrogen-bond donors (Lipinski definition) is 2. The zero-order valence-corrected chi connectivity index (χ0v) is 17.8. The number of carbonyl (C=O) groups excluding carboxylic acids is 1. The Morgan fingerprint density at radius 2 is 1.77 bits per heavy atom. The molecule has 158 valence electrons. The van der Waals surface area contributed by atoms with Gasteiger partial charge >= 0.3 is 0 Å². The average molecular weight is 415 g/mol. The lowest BCUT2D eigenvalue weighted by molar-refractivity contribution is 0.0951. The smallest absolute Gasteiger partial charge is 0.255 e. The minimum Gasteiger partial charge on any atom is -0.496 e. The second-order valence-electron chi connectivity index (χ2n) is 7.42. The Balaban J connectivity index is 1.44. The van der Waals surface area contributed by atoms with Gasteiger partial charge in [-0.15, -0.1) is 0 Å². The summed E-state index contributed by atoms with van der Waals surface area (Å²) in [6.07, 6.45) is 0.717. The number of nitrogens with one attached hydrogen (secondary N) is 2. The summed E-state index contributed by atoms with van der Waals surface area (Å²) in [5.41, 5.74) is 5.02. The molecule has 1 amide bonds. The number of aryl methyl sites for hydroxylation is 1. The van der Waals surface area contributed by atoms with Gasteiger partial charge in [0, 0.05) is 23.1 Å². The molecular weight excluding hydrogens is 388 g/mol. The van der Waals surface area contributed by atoms with Crippen LogP contribution in [0.1, 0.15) is 27.2 Å². The van der Waals surface area contributed by atoms with E-state index in [2.05, 4.69) is 35.4 Å². The summed E-state index contributed by atoms with van der Waals surface area (Å²) in [4.78, 5) is 16.0. The van der Waals surface area contributed by atoms with Crippen molar-refractivity contribution >= 4 is 16.8 Å². The lowest BCUT2D eigenvalue weighted by Gasteiger charge is -2.10. The molecule has 5 nitrogen and oxygen atoms in total. The molecule has 5 heteroatoms. The third-order valence-electron chi connectivity index (χ3n) is 5.35. The highest BCUT2D eigenvalue weighted by Gasteiger charge is 2.13. The predicted molar refractivity (Wildman–Crippen MR) is 123 cm³/mol. The first-order valence-corrected chi connectivity index (χ1v) is 10.3. The maximum absolute atomic E-state index is 12.6. The molecule has 0 aliphatic heterocycles. The van der Waals surface area contributed by atoms with Crippen molar-refractivity contribution in [3.05, 3.63) is 95.2 Å². The van der Waals surface area contributed by atoms with Crippen LogP contribution in [-0.4, -0.2) is 24.5 Å². The summed E-state index contributed by atoms with van der Waals surface area (Å²) in [7, 11) is 1.57. The van der Waals surface area contributed by atoms with Crippen LogP contribution in [0.15, 0.2) is 72.8 Å². The summed E-state index contributed by atoms with van der Waals surface area (Å²) in [5, 5.41) is 4.12. The molecule has 0 bridgehead atoms. The Hall–Kier alpha value is -3.73. The summed E-state index contributed by atoms with van der Waals surface area (Å²) in [5.74, 6) is 1.26. The van der Waals surface area contributed by atoms with E-state index in [0.717, 1.165) is 34.3 Å². The van der Waals surface area contributed by atoms with Gasteiger partial charge < -0.3 is 19.8 Å². The molecule has 4 aromatic rings. The predicted octanol–water partition coefficient (Wildman–Crippen LogP) is 5.04. The van der Waals surface area contributed by atoms with Crippen molar-refractivity contribution in [3.63, 3.8) is 0 Å². The number of methoxy groups -OCH3 is 1. The fourth-order valence-electron chi connectivity index (χ4n) is 3.74. The van der Waals surface area contributed by atoms with Crippen molar-refractivity contribution in [2.24, 2.45) is 0 Å². The van der Waals surface area contributed by atoms with Gasteiger partial charge in [0.2, 0.25) is 0 Å². The third-order valence-corrected chi connectivity index (χ3v) is 5.35. The monoisotopic (exact) mass is 414 g/mol. The minimum atomic E-state index is -0.137. The number of H-pyrrole nitrogens is 1. The molecule has 1 heterocycles. The number of fused-ring (bicyclic) bond motifs is 1. The van der Waals surface area contributed by atoms with E-state index in [1.807, 2.05) is 42.5 Å². The molecule has 0 unspecified atom stereocenters. The molecule has 0 spiro atoms. The Morgan fingerprint density at radius 1 is 1.00 bits per heavy atom. The van der Waals surface area contributed by atoms with E-state index < -0.39 is 0 Å². The van der Waals surface area contributed by atoms with Crippen LogP contribution in [-0.2, 0) is 13.0 Å². The number of aromatic amines is 1. The lowest BCUT2D eigenvalue weighted by atomic mass is 10.1. The molecule has 0 atom stereocenters. The molecule has 3 aromatic carbocycles. The van der Waals surface area contributed by atoms with E-state index in [1.165, 1.54) is 5.56 Å². The van der Waals surface area contributed by atoms with E-state index in [4.69, 9.17) is 9.47 Å². The Kier molecular flexibility index (Phi) is 6.22. The first-order chi connectivity index (χ1) is 15.2. The van der Waals surface area contributed by atoms with Crippen molar-refractivity contribution in [2.45, 2.75) is 20.0 Å². The van der Waals surface area contributed by atoms with Crippen molar-refractivity contribution < 1.29 is 14.3 Å². The molecule has 0 saturated heterocycles. The van der Waals surface area contributed by atoms with Crippen LogP contribution in [0.2, 0.25) is 0 Å². The number of aromatic nitrogens is 1. The van der Waals surface area contributed by atoms with Gasteiger partial charge in [0.25, 0.3) is 5.91 Å². The van der Waals surface area contributed by atoms with E-state index in [9.17, 15) is 4.79 Å². The summed E-state index contributed by atoms with van der Waals surface area (Å²) < 4.78 is 11.3. The molecule has 0 aliphatic rings. The number of ether oxygens (including phenoxy) is 2. The number of amides is 1. The van der Waals surface area contributed by atoms with Crippen LogP contribution in [0.4, 0.5) is 0 Å². The highest BCUT2D eigenvalue weighted by molar-refractivity contribution is 5.97. The highest BCUT2D eigenvalue weighted by atomic mass is 16.5. The molecular formula is C26H26N2O3. The number of para-hydroxylation sites is 1. The Morgan fingerprint density at radius 3 is 2.58 bits per heavy atom. The molecule has 0 radical (unpaired) electrons. The van der Waals surface area contributed by atoms with Crippen LogP contribution < -0.4 is 14.8 Å². The van der Waals surface area contributed by atoms with Gasteiger partial charge in [-0.25, -0.2) is 0 Å². The quantitative estimate of drug-likeness (QED) is 0.425. The van der Waals surface area contributed by atoms with E-state index in [0.29, 0.717) is 24.5 Å². The van der Waals surface area contributed by atoms with Gasteiger partial charge in [-0.3, -0.25) is 4.79 Å². The number of carbonyl (C=O) groups is 1. The van der Waals surface area contributed by atoms with Crippen molar-refractivity contribution in [2.75, 3.05) is 13.7 Å². The summed E-state index contributed by atoms with van der Waals surface area (Å²) in [6.45, 7) is 3.11. The van der Waals surface area contributed by atoms with Crippen LogP contribution in [0.25, 0.3) is 10.9 Å². The minimum absolute atomic E-state index is 0.137. The SMILES string of the molecule is COc1ccccc1C(=O)NCCc1c(C)[nH]c2ccc(OCc3ccccc3)cc12. The normalized spacial score (nSPS) is 10.8. The zero-order valence-electron chi connectivity index (χ0n) is 17.8. The first kappa shape index (κ1) is 20.5. The Bertz CT molecular complexity index is 1180. The van der Waals surface area contributed by atoms with Gasteiger partial charge in [0.15, 0.2) is 0 Å². The van der Waals surface area contributed by atoms with Crippen LogP contribution in [0.3, 0.4) is 0 Å². The average Bonchev–Trinajstić information content (AvgIpc) is 3.12. The second-order valence-corrected chi connectivity index (χ2v) is 7.42. The fraction of sp³-hybridized carbons (Fsp3) is 0.192. The summed E-state index contributed by atoms with van der Waals surface area (Å²) in [6, 6.07) is 23.4. The largest absolute Gasteiger partial charge is 0.496 e. The number of hydrogen-bond acceptors (Lipinski definition) is 3. The second kappa shape index (κ2) is 9.39. The van der Waals surface area contributed by atoms with Crippen LogP contribution in [0, 0.1) is 6.92 Å². The number of benzene rings is 3. The summed E-state index contributed by atoms with van der Waals surface area (Å²) >= 11 is 0. The lowest BCUT2D eigenvalue weighted by Crippen LogP contribution is -2.26. The van der Waals surface area contributed by atoms with Gasteiger partial charge in [0.1, 0.15) is 18.1 Å². The van der Waals surface area contributed by atoms with Gasteiger partial charge in [-0.1, -0.05) is 42.5 Å². The molecule has 2 N–H and O–H groups in total. The topological polar surface area (TPSA) is 63.3 Å². The molecule has 0 saturated carbocycles. The van der Waals surface area contributed by atoms with E-state index in [1.54, 1.807) is 19.2 Å². The van der Waals surface area contributed by atoms with Crippen molar-refractivity contribution in [3.8, 4) is 11.5 Å². The number of rotatable bonds is 8. The zero-order chi connectivity index (χ0) is 21.6. The molecule has 1 aromatic heterocycles. The maximum atomic E-state index is 12.6. The van der Waals surface area contributed by atoms with Gasteiger partial charge in [-0.2, -0.15) is 0 Å². The molecule has 31 heavy (non-hydrogen) atoms. The van der Waals surface area contributed by atoms with Crippen molar-refractivity contribution in [1.29, 1.82) is 0 Å². The fourth-order valence-corrected chi connectivity index (χ4v) is 3.74. The molecule has 0 fully saturated rings. The van der Waals surface area contributed by atoms with Crippen molar-refractivity contribution in [1.82, 2.24) is 10.3 Å². The molecule has 4 rings (SSSR count). The standard InChI is InChI=1S/C26H26N2O3/c1-18-21(14-15-27-26(29)22-10-6-7-11-25(22)30-2)23-16-20(12-13-24(23)28-18)31-17-19-8-4-3-5-9-19/h3-13,16,28H,14-15,17H2,1-2H3,(H,27,29). The van der Waals surface area contributed by atoms with Gasteiger partial charge in [0.05, 0.1) is 12.7 Å². The van der Waals surface area contributed by atoms with Crippen LogP contribution in [0.5, 0.6) is 11.5 Å².